The third-order valence-corrected chi connectivity index (χ3v) is 5.90. The van der Waals surface area contributed by atoms with Crippen LogP contribution in [0.25, 0.3) is 0 Å². The Hall–Kier alpha value is -3.28. The van der Waals surface area contributed by atoms with Crippen molar-refractivity contribution in [2.45, 2.75) is 19.5 Å². The number of amides is 3. The maximum atomic E-state index is 12.4. The summed E-state index contributed by atoms with van der Waals surface area (Å²) < 4.78 is 17.1. The Morgan fingerprint density at radius 3 is 2.59 bits per heavy atom. The number of halogens is 1. The van der Waals surface area contributed by atoms with E-state index in [0.29, 0.717) is 33.8 Å². The summed E-state index contributed by atoms with van der Waals surface area (Å²) in [5, 5.41) is 8.09. The van der Waals surface area contributed by atoms with Gasteiger partial charge in [0.2, 0.25) is 0 Å². The van der Waals surface area contributed by atoms with Gasteiger partial charge in [-0.25, -0.2) is 4.79 Å². The zero-order chi connectivity index (χ0) is 24.7. The Balaban J connectivity index is 1.79. The lowest BCUT2D eigenvalue weighted by Crippen LogP contribution is -2.51. The number of rotatable bonds is 9. The van der Waals surface area contributed by atoms with E-state index in [1.165, 1.54) is 7.11 Å². The molecule has 0 aliphatic carbocycles. The van der Waals surface area contributed by atoms with Crippen LogP contribution in [0.4, 0.5) is 4.79 Å². The summed E-state index contributed by atoms with van der Waals surface area (Å²) in [5.41, 5.74) is 1.83. The van der Waals surface area contributed by atoms with Crippen molar-refractivity contribution in [1.82, 2.24) is 16.0 Å². The maximum absolute atomic E-state index is 12.4. The van der Waals surface area contributed by atoms with Crippen LogP contribution in [-0.2, 0) is 20.9 Å². The minimum atomic E-state index is -0.830. The van der Waals surface area contributed by atoms with Gasteiger partial charge in [-0.3, -0.25) is 9.59 Å². The van der Waals surface area contributed by atoms with Gasteiger partial charge in [-0.05, 0) is 52.8 Å². The lowest BCUT2D eigenvalue weighted by Gasteiger charge is -2.33. The van der Waals surface area contributed by atoms with Crippen molar-refractivity contribution in [3.63, 3.8) is 0 Å². The summed E-state index contributed by atoms with van der Waals surface area (Å²) in [7, 11) is 1.28. The van der Waals surface area contributed by atoms with Crippen LogP contribution in [0.1, 0.15) is 24.1 Å². The largest absolute Gasteiger partial charge is 0.490 e. The summed E-state index contributed by atoms with van der Waals surface area (Å²) in [6.07, 6.45) is 0. The molecule has 2 aromatic rings. The Morgan fingerprint density at radius 1 is 1.18 bits per heavy atom. The van der Waals surface area contributed by atoms with E-state index >= 15 is 0 Å². The fraction of sp³-hybridized carbons (Fsp3) is 0.292. The third-order valence-electron chi connectivity index (χ3n) is 5.10. The molecule has 3 amide bonds. The number of carbonyl (C=O) groups excluding carboxylic acids is 3. The molecule has 2 unspecified atom stereocenters. The monoisotopic (exact) mass is 579 g/mol. The lowest BCUT2D eigenvalue weighted by molar-refractivity contribution is -0.145. The van der Waals surface area contributed by atoms with Gasteiger partial charge in [0.15, 0.2) is 18.1 Å². The van der Waals surface area contributed by atoms with Crippen molar-refractivity contribution in [2.75, 3.05) is 20.3 Å². The average molecular weight is 579 g/mol. The van der Waals surface area contributed by atoms with E-state index in [1.54, 1.807) is 12.1 Å². The van der Waals surface area contributed by atoms with E-state index in [9.17, 15) is 14.4 Å². The summed E-state index contributed by atoms with van der Waals surface area (Å²) in [4.78, 5) is 36.8. The van der Waals surface area contributed by atoms with Crippen molar-refractivity contribution < 1.29 is 28.6 Å². The topological polar surface area (TPSA) is 115 Å². The van der Waals surface area contributed by atoms with E-state index < -0.39 is 24.0 Å². The minimum Gasteiger partial charge on any atom is -0.490 e. The molecule has 1 aliphatic rings. The molecule has 0 radical (unpaired) electrons. The van der Waals surface area contributed by atoms with Crippen LogP contribution >= 0.6 is 22.6 Å². The first-order chi connectivity index (χ1) is 16.3. The normalized spacial score (nSPS) is 17.3. The van der Waals surface area contributed by atoms with Gasteiger partial charge in [-0.1, -0.05) is 36.9 Å². The molecule has 10 heteroatoms. The molecule has 1 fully saturated rings. The number of carbonyl (C=O) groups is 3. The van der Waals surface area contributed by atoms with Crippen LogP contribution in [0.15, 0.2) is 54.7 Å². The van der Waals surface area contributed by atoms with Crippen LogP contribution in [0.5, 0.6) is 11.5 Å². The maximum Gasteiger partial charge on any atom is 0.319 e. The van der Waals surface area contributed by atoms with Crippen LogP contribution in [0.3, 0.4) is 0 Å². The summed E-state index contributed by atoms with van der Waals surface area (Å²) >= 11 is 2.07. The minimum absolute atomic E-state index is 0.200. The second kappa shape index (κ2) is 11.7. The summed E-state index contributed by atoms with van der Waals surface area (Å²) in [5.74, 6) is -0.856. The summed E-state index contributed by atoms with van der Waals surface area (Å²) in [6, 6.07) is 11.8. The molecule has 1 saturated heterocycles. The van der Waals surface area contributed by atoms with Gasteiger partial charge in [-0.2, -0.15) is 0 Å². The Bertz CT molecular complexity index is 1080. The van der Waals surface area contributed by atoms with Crippen molar-refractivity contribution in [1.29, 1.82) is 0 Å². The number of ether oxygens (including phenoxy) is 3. The number of urea groups is 1. The summed E-state index contributed by atoms with van der Waals surface area (Å²) in [6.45, 7) is 6.17. The molecular formula is C24H26IN3O6. The second-order valence-corrected chi connectivity index (χ2v) is 8.58. The molecule has 180 valence electrons. The number of benzene rings is 2. The zero-order valence-electron chi connectivity index (χ0n) is 18.9. The molecule has 34 heavy (non-hydrogen) atoms. The van der Waals surface area contributed by atoms with Crippen molar-refractivity contribution in [3.05, 3.63) is 69.4 Å². The van der Waals surface area contributed by atoms with Gasteiger partial charge >= 0.3 is 12.0 Å². The standard InChI is InChI=1S/C24H26IN3O6/c1-4-33-18-11-16(21-20(23(30)32-3)14(2)27-24(31)28-21)10-17(25)22(18)34-13-19(29)26-12-15-8-6-5-7-9-15/h5-11,20-21H,2,4,12-13H2,1,3H3,(H,26,29)(H2,27,28,31). The molecule has 0 spiro atoms. The number of hydrogen-bond donors (Lipinski definition) is 3. The van der Waals surface area contributed by atoms with Crippen LogP contribution in [0, 0.1) is 9.49 Å². The molecular weight excluding hydrogens is 553 g/mol. The van der Waals surface area contributed by atoms with Gasteiger partial charge in [0.1, 0.15) is 5.92 Å². The highest BCUT2D eigenvalue weighted by Crippen LogP contribution is 2.39. The predicted octanol–water partition coefficient (Wildman–Crippen LogP) is 3.04. The van der Waals surface area contributed by atoms with Crippen LogP contribution < -0.4 is 25.4 Å². The Morgan fingerprint density at radius 2 is 1.91 bits per heavy atom. The highest BCUT2D eigenvalue weighted by atomic mass is 127. The van der Waals surface area contributed by atoms with Gasteiger partial charge < -0.3 is 30.2 Å². The van der Waals surface area contributed by atoms with Gasteiger partial charge in [-0.15, -0.1) is 0 Å². The van der Waals surface area contributed by atoms with Gasteiger partial charge in [0, 0.05) is 12.2 Å². The van der Waals surface area contributed by atoms with Crippen LogP contribution in [0.2, 0.25) is 0 Å². The molecule has 0 aromatic heterocycles. The highest BCUT2D eigenvalue weighted by molar-refractivity contribution is 14.1. The Labute approximate surface area is 211 Å². The molecule has 0 saturated carbocycles. The second-order valence-electron chi connectivity index (χ2n) is 7.42. The average Bonchev–Trinajstić information content (AvgIpc) is 2.82. The molecule has 1 aliphatic heterocycles. The highest BCUT2D eigenvalue weighted by Gasteiger charge is 2.39. The van der Waals surface area contributed by atoms with Gasteiger partial charge in [0.25, 0.3) is 5.91 Å². The first-order valence-corrected chi connectivity index (χ1v) is 11.7. The first kappa shape index (κ1) is 25.3. The number of methoxy groups -OCH3 is 1. The third kappa shape index (κ3) is 6.19. The zero-order valence-corrected chi connectivity index (χ0v) is 21.0. The molecule has 9 nitrogen and oxygen atoms in total. The van der Waals surface area contributed by atoms with Gasteiger partial charge in [0.05, 0.1) is 23.3 Å². The molecule has 2 atom stereocenters. The van der Waals surface area contributed by atoms with E-state index in [2.05, 4.69) is 45.1 Å². The fourth-order valence-corrected chi connectivity index (χ4v) is 4.30. The SMILES string of the molecule is C=C1NC(=O)NC(c2cc(I)c(OCC(=O)NCc3ccccc3)c(OCC)c2)C1C(=O)OC. The molecule has 3 rings (SSSR count). The van der Waals surface area contributed by atoms with Crippen molar-refractivity contribution in [2.24, 2.45) is 5.92 Å². The predicted molar refractivity (Wildman–Crippen MR) is 133 cm³/mol. The van der Waals surface area contributed by atoms with E-state index in [-0.39, 0.29) is 18.2 Å². The lowest BCUT2D eigenvalue weighted by atomic mass is 9.89. The van der Waals surface area contributed by atoms with E-state index in [4.69, 9.17) is 14.2 Å². The molecule has 2 aromatic carbocycles. The molecule has 0 bridgehead atoms. The Kier molecular flexibility index (Phi) is 8.74. The van der Waals surface area contributed by atoms with Crippen molar-refractivity contribution in [3.8, 4) is 11.5 Å². The van der Waals surface area contributed by atoms with Crippen LogP contribution in [-0.4, -0.2) is 38.2 Å². The number of nitrogens with one attached hydrogen (secondary N) is 3. The first-order valence-electron chi connectivity index (χ1n) is 10.6. The van der Waals surface area contributed by atoms with Crippen molar-refractivity contribution >= 4 is 40.5 Å². The van der Waals surface area contributed by atoms with E-state index in [0.717, 1.165) is 5.56 Å². The number of esters is 1. The number of hydrogen-bond acceptors (Lipinski definition) is 6. The quantitative estimate of drug-likeness (QED) is 0.311. The van der Waals surface area contributed by atoms with E-state index in [1.807, 2.05) is 37.3 Å². The fourth-order valence-electron chi connectivity index (χ4n) is 3.52. The molecule has 1 heterocycles. The molecule has 3 N–H and O–H groups in total. The smallest absolute Gasteiger partial charge is 0.319 e.